The van der Waals surface area contributed by atoms with E-state index < -0.39 is 0 Å². The number of nitrogens with zero attached hydrogens (tertiary/aromatic N) is 1. The zero-order valence-corrected chi connectivity index (χ0v) is 10.2. The lowest BCUT2D eigenvalue weighted by atomic mass is 9.96. The number of rotatable bonds is 2. The number of hydrogen-bond donors (Lipinski definition) is 2. The van der Waals surface area contributed by atoms with Gasteiger partial charge in [0.1, 0.15) is 5.82 Å². The van der Waals surface area contributed by atoms with Gasteiger partial charge in [0.05, 0.1) is 5.54 Å². The van der Waals surface area contributed by atoms with Gasteiger partial charge in [-0.1, -0.05) is 12.8 Å². The van der Waals surface area contributed by atoms with Crippen LogP contribution in [-0.4, -0.2) is 23.2 Å². The number of hydrogen-bond acceptors (Lipinski definition) is 3. The van der Waals surface area contributed by atoms with Gasteiger partial charge >= 0.3 is 0 Å². The van der Waals surface area contributed by atoms with Crippen molar-refractivity contribution in [2.45, 2.75) is 50.0 Å². The van der Waals surface area contributed by atoms with Crippen molar-refractivity contribution in [3.8, 4) is 0 Å². The lowest BCUT2D eigenvalue weighted by molar-refractivity contribution is 0.0845. The zero-order valence-electron chi connectivity index (χ0n) is 10.2. The molecule has 1 aliphatic heterocycles. The molecule has 4 heteroatoms. The zero-order chi connectivity index (χ0) is 11.7. The maximum atomic E-state index is 6.40. The Morgan fingerprint density at radius 3 is 2.71 bits per heavy atom. The fourth-order valence-electron chi connectivity index (χ4n) is 3.05. The molecule has 2 fully saturated rings. The number of nitrogens with one attached hydrogen (secondary N) is 1. The highest BCUT2D eigenvalue weighted by Crippen LogP contribution is 2.35. The van der Waals surface area contributed by atoms with Crippen molar-refractivity contribution in [2.24, 2.45) is 5.73 Å². The first kappa shape index (κ1) is 11.2. The van der Waals surface area contributed by atoms with Crippen molar-refractivity contribution in [3.63, 3.8) is 0 Å². The van der Waals surface area contributed by atoms with Gasteiger partial charge in [-0.2, -0.15) is 0 Å². The van der Waals surface area contributed by atoms with Crippen LogP contribution in [0.5, 0.6) is 0 Å². The summed E-state index contributed by atoms with van der Waals surface area (Å²) in [5.41, 5.74) is 7.46. The highest BCUT2D eigenvalue weighted by atomic mass is 16.5. The van der Waals surface area contributed by atoms with Crippen molar-refractivity contribution in [1.82, 2.24) is 9.97 Å². The second-order valence-corrected chi connectivity index (χ2v) is 5.44. The molecule has 1 saturated carbocycles. The molecule has 0 amide bonds. The van der Waals surface area contributed by atoms with Crippen LogP contribution >= 0.6 is 0 Å². The first-order valence-corrected chi connectivity index (χ1v) is 6.70. The van der Waals surface area contributed by atoms with Crippen LogP contribution in [0.3, 0.4) is 0 Å². The first-order chi connectivity index (χ1) is 8.28. The Bertz CT molecular complexity index is 376. The van der Waals surface area contributed by atoms with E-state index in [1.165, 1.54) is 18.5 Å². The van der Waals surface area contributed by atoms with Crippen molar-refractivity contribution < 1.29 is 4.74 Å². The van der Waals surface area contributed by atoms with Crippen LogP contribution in [0.25, 0.3) is 0 Å². The number of ether oxygens (including phenoxy) is 1. The topological polar surface area (TPSA) is 63.9 Å². The Morgan fingerprint density at radius 2 is 2.00 bits per heavy atom. The van der Waals surface area contributed by atoms with Gasteiger partial charge in [0.15, 0.2) is 0 Å². The molecular weight excluding hydrogens is 214 g/mol. The summed E-state index contributed by atoms with van der Waals surface area (Å²) in [4.78, 5) is 8.00. The van der Waals surface area contributed by atoms with Crippen LogP contribution in [0.4, 0.5) is 0 Å². The molecule has 0 spiro atoms. The van der Waals surface area contributed by atoms with E-state index in [1.807, 2.05) is 6.20 Å². The Kier molecular flexibility index (Phi) is 2.92. The van der Waals surface area contributed by atoms with Gasteiger partial charge in [0.25, 0.3) is 0 Å². The molecule has 2 aliphatic rings. The van der Waals surface area contributed by atoms with Crippen LogP contribution in [0.2, 0.25) is 0 Å². The summed E-state index contributed by atoms with van der Waals surface area (Å²) < 4.78 is 5.39. The van der Waals surface area contributed by atoms with E-state index in [0.717, 1.165) is 44.7 Å². The molecule has 0 bridgehead atoms. The Balaban J connectivity index is 1.77. The highest BCUT2D eigenvalue weighted by molar-refractivity contribution is 5.15. The van der Waals surface area contributed by atoms with Gasteiger partial charge in [0, 0.05) is 31.0 Å². The molecule has 0 atom stereocenters. The van der Waals surface area contributed by atoms with Crippen molar-refractivity contribution in [3.05, 3.63) is 17.7 Å². The van der Waals surface area contributed by atoms with E-state index in [4.69, 9.17) is 10.5 Å². The third-order valence-corrected chi connectivity index (χ3v) is 4.22. The van der Waals surface area contributed by atoms with Crippen molar-refractivity contribution in [2.75, 3.05) is 13.2 Å². The second kappa shape index (κ2) is 4.42. The molecular formula is C13H21N3O. The maximum absolute atomic E-state index is 6.40. The Labute approximate surface area is 102 Å². The lowest BCUT2D eigenvalue weighted by Gasteiger charge is -2.22. The minimum Gasteiger partial charge on any atom is -0.381 e. The van der Waals surface area contributed by atoms with Gasteiger partial charge in [-0.25, -0.2) is 4.98 Å². The molecule has 3 rings (SSSR count). The number of aromatic nitrogens is 2. The van der Waals surface area contributed by atoms with Crippen LogP contribution in [0.15, 0.2) is 6.20 Å². The Morgan fingerprint density at radius 1 is 1.29 bits per heavy atom. The molecule has 4 nitrogen and oxygen atoms in total. The molecule has 2 heterocycles. The summed E-state index contributed by atoms with van der Waals surface area (Å²) in [5.74, 6) is 1.58. The van der Waals surface area contributed by atoms with Gasteiger partial charge in [0.2, 0.25) is 0 Å². The monoisotopic (exact) mass is 235 g/mol. The second-order valence-electron chi connectivity index (χ2n) is 5.44. The SMILES string of the molecule is NC1(c2ncc(C3CCOCC3)[nH]2)CCCC1. The summed E-state index contributed by atoms with van der Waals surface area (Å²) in [7, 11) is 0. The third kappa shape index (κ3) is 2.11. The molecule has 0 radical (unpaired) electrons. The van der Waals surface area contributed by atoms with Crippen LogP contribution in [0.1, 0.15) is 56.0 Å². The molecule has 1 saturated heterocycles. The Hall–Kier alpha value is -0.870. The van der Waals surface area contributed by atoms with Gasteiger partial charge < -0.3 is 15.5 Å². The predicted octanol–water partition coefficient (Wildman–Crippen LogP) is 2.03. The van der Waals surface area contributed by atoms with Gasteiger partial charge in [-0.3, -0.25) is 0 Å². The normalized spacial score (nSPS) is 25.2. The first-order valence-electron chi connectivity index (χ1n) is 6.70. The minimum atomic E-state index is -0.191. The highest BCUT2D eigenvalue weighted by Gasteiger charge is 2.34. The average Bonchev–Trinajstić information content (AvgIpc) is 2.99. The summed E-state index contributed by atoms with van der Waals surface area (Å²) >= 11 is 0. The van der Waals surface area contributed by atoms with E-state index in [2.05, 4.69) is 9.97 Å². The molecule has 0 aromatic carbocycles. The fraction of sp³-hybridized carbons (Fsp3) is 0.769. The summed E-state index contributed by atoms with van der Waals surface area (Å²) in [5, 5.41) is 0. The van der Waals surface area contributed by atoms with Crippen LogP contribution < -0.4 is 5.73 Å². The molecule has 94 valence electrons. The predicted molar refractivity (Wildman–Crippen MR) is 65.7 cm³/mol. The molecule has 17 heavy (non-hydrogen) atoms. The summed E-state index contributed by atoms with van der Waals surface area (Å²) in [6, 6.07) is 0. The lowest BCUT2D eigenvalue weighted by Crippen LogP contribution is -2.34. The largest absolute Gasteiger partial charge is 0.381 e. The smallest absolute Gasteiger partial charge is 0.126 e. The minimum absolute atomic E-state index is 0.191. The fourth-order valence-corrected chi connectivity index (χ4v) is 3.05. The number of imidazole rings is 1. The van der Waals surface area contributed by atoms with E-state index >= 15 is 0 Å². The maximum Gasteiger partial charge on any atom is 0.126 e. The summed E-state index contributed by atoms with van der Waals surface area (Å²) in [6.07, 6.45) is 8.76. The van der Waals surface area contributed by atoms with Crippen molar-refractivity contribution in [1.29, 1.82) is 0 Å². The molecule has 3 N–H and O–H groups in total. The average molecular weight is 235 g/mol. The van der Waals surface area contributed by atoms with E-state index in [1.54, 1.807) is 0 Å². The molecule has 1 aliphatic carbocycles. The third-order valence-electron chi connectivity index (χ3n) is 4.22. The van der Waals surface area contributed by atoms with Gasteiger partial charge in [-0.15, -0.1) is 0 Å². The van der Waals surface area contributed by atoms with Crippen LogP contribution in [-0.2, 0) is 10.3 Å². The molecule has 1 aromatic rings. The standard InChI is InChI=1S/C13H21N3O/c14-13(5-1-2-6-13)12-15-9-11(16-12)10-3-7-17-8-4-10/h9-10H,1-8,14H2,(H,15,16). The van der Waals surface area contributed by atoms with Gasteiger partial charge in [-0.05, 0) is 25.7 Å². The molecule has 0 unspecified atom stereocenters. The quantitative estimate of drug-likeness (QED) is 0.824. The number of H-pyrrole nitrogens is 1. The molecule has 1 aromatic heterocycles. The number of aromatic amines is 1. The van der Waals surface area contributed by atoms with E-state index in [-0.39, 0.29) is 5.54 Å². The van der Waals surface area contributed by atoms with Crippen molar-refractivity contribution >= 4 is 0 Å². The van der Waals surface area contributed by atoms with E-state index in [9.17, 15) is 0 Å². The summed E-state index contributed by atoms with van der Waals surface area (Å²) in [6.45, 7) is 1.74. The van der Waals surface area contributed by atoms with Crippen LogP contribution in [0, 0.1) is 0 Å². The number of nitrogens with two attached hydrogens (primary N) is 1. The van der Waals surface area contributed by atoms with E-state index in [0.29, 0.717) is 5.92 Å².